The predicted octanol–water partition coefficient (Wildman–Crippen LogP) is 9.19. The van der Waals surface area contributed by atoms with E-state index in [0.717, 1.165) is 5.52 Å². The van der Waals surface area contributed by atoms with Crippen LogP contribution in [0.25, 0.3) is 10.9 Å². The molecule has 0 fully saturated rings. The van der Waals surface area contributed by atoms with E-state index >= 15 is 0 Å². The molecule has 3 rings (SSSR count). The molecule has 0 spiro atoms. The van der Waals surface area contributed by atoms with Gasteiger partial charge in [-0.3, -0.25) is 19.6 Å². The van der Waals surface area contributed by atoms with Gasteiger partial charge in [0.15, 0.2) is 11.6 Å². The lowest BCUT2D eigenvalue weighted by molar-refractivity contribution is 0.0977. The number of carbonyl (C=O) groups is 2. The number of fused-ring (bicyclic) bond motifs is 1. The lowest BCUT2D eigenvalue weighted by Crippen LogP contribution is -2.05. The fraction of sp³-hybridized carbons (Fsp3) is 0.385. The van der Waals surface area contributed by atoms with E-state index < -0.39 is 0 Å². The van der Waals surface area contributed by atoms with Crippen LogP contribution in [0.1, 0.15) is 87.4 Å². The Bertz CT molecular complexity index is 840. The van der Waals surface area contributed by atoms with Gasteiger partial charge in [0.05, 0.1) is 5.52 Å². The summed E-state index contributed by atoms with van der Waals surface area (Å²) >= 11 is 4.24. The number of hydrogen-bond acceptors (Lipinski definition) is 4. The Morgan fingerprint density at radius 3 is 1.59 bits per heavy atom. The van der Waals surface area contributed by atoms with Gasteiger partial charge in [0.25, 0.3) is 0 Å². The maximum atomic E-state index is 11.0. The molecule has 0 saturated carbocycles. The number of ketones is 2. The third-order valence-electron chi connectivity index (χ3n) is 3.71. The summed E-state index contributed by atoms with van der Waals surface area (Å²) in [6.07, 6.45) is 3.35. The third-order valence-corrected chi connectivity index (χ3v) is 3.71. The first-order valence-electron chi connectivity index (χ1n) is 10.8. The van der Waals surface area contributed by atoms with Crippen LogP contribution in [-0.2, 0) is 0 Å². The summed E-state index contributed by atoms with van der Waals surface area (Å²) in [7, 11) is 0. The molecule has 0 saturated heterocycles. The second-order valence-corrected chi connectivity index (χ2v) is 5.61. The predicted molar refractivity (Wildman–Crippen MR) is 158 cm³/mol. The molecule has 0 aliphatic rings. The van der Waals surface area contributed by atoms with Crippen LogP contribution >= 0.6 is 37.2 Å². The van der Waals surface area contributed by atoms with Crippen LogP contribution in [0.5, 0.6) is 0 Å². The molecule has 0 amide bonds. The van der Waals surface area contributed by atoms with E-state index in [-0.39, 0.29) is 17.3 Å². The number of rotatable bonds is 2. The molecule has 0 radical (unpaired) electrons. The minimum atomic E-state index is -0.180. The molecular weight excluding hydrogens is 626 g/mol. The summed E-state index contributed by atoms with van der Waals surface area (Å²) in [5.41, 5.74) is 4.31. The molecule has 2 heterocycles. The number of benzene rings is 1. The number of carbonyl (C=O) groups excluding carboxylic acids is 2. The summed E-state index contributed by atoms with van der Waals surface area (Å²) in [4.78, 5) is 30.1. The minimum Gasteiger partial charge on any atom is -0.294 e. The zero-order valence-electron chi connectivity index (χ0n) is 21.1. The van der Waals surface area contributed by atoms with Gasteiger partial charge in [0, 0.05) is 67.5 Å². The average Bonchev–Trinajstić information content (AvgIpc) is 2.87. The molecule has 0 aliphatic heterocycles. The topological polar surface area (TPSA) is 59.9 Å². The Morgan fingerprint density at radius 1 is 0.688 bits per heavy atom. The first-order chi connectivity index (χ1) is 15.4. The molecule has 3 aromatic rings. The van der Waals surface area contributed by atoms with Gasteiger partial charge in [0.2, 0.25) is 0 Å². The number of aryl methyl sites for hydroxylation is 2. The van der Waals surface area contributed by atoms with E-state index in [4.69, 9.17) is 0 Å². The van der Waals surface area contributed by atoms with E-state index in [0.29, 0.717) is 5.56 Å². The summed E-state index contributed by atoms with van der Waals surface area (Å²) < 4.78 is 0. The number of hydrogen-bond donors (Lipinski definition) is 0. The molecule has 0 aliphatic carbocycles. The second kappa shape index (κ2) is 22.8. The Labute approximate surface area is 218 Å². The van der Waals surface area contributed by atoms with Crippen molar-refractivity contribution in [3.63, 3.8) is 0 Å². The number of nitrogens with zero attached hydrogens (tertiary/aromatic N) is 2. The zero-order valence-corrected chi connectivity index (χ0v) is 25.4. The first-order valence-corrected chi connectivity index (χ1v) is 17.1. The van der Waals surface area contributed by atoms with E-state index in [1.807, 2.05) is 53.8 Å². The van der Waals surface area contributed by atoms with E-state index in [9.17, 15) is 9.59 Å². The van der Waals surface area contributed by atoms with Crippen molar-refractivity contribution in [2.24, 2.45) is 0 Å². The van der Waals surface area contributed by atoms with Crippen molar-refractivity contribution in [3.05, 3.63) is 71.2 Å². The fourth-order valence-corrected chi connectivity index (χ4v) is 2.43. The quantitative estimate of drug-likeness (QED) is 0.203. The monoisotopic (exact) mass is 664 g/mol. The molecule has 2 aromatic heterocycles. The Morgan fingerprint density at radius 2 is 1.16 bits per heavy atom. The Kier molecular flexibility index (Phi) is 25.0. The van der Waals surface area contributed by atoms with Gasteiger partial charge in [-0.25, -0.2) is 0 Å². The van der Waals surface area contributed by atoms with E-state index in [2.05, 4.69) is 79.2 Å². The molecule has 178 valence electrons. The van der Waals surface area contributed by atoms with E-state index in [1.54, 1.807) is 12.1 Å². The van der Waals surface area contributed by atoms with Crippen LogP contribution in [0.3, 0.4) is 0 Å². The summed E-state index contributed by atoms with van der Waals surface area (Å²) in [6.45, 7) is 19.0. The molecular formula is C26H38I2N2O2. The molecule has 4 nitrogen and oxygen atoms in total. The maximum Gasteiger partial charge on any atom is 0.178 e. The van der Waals surface area contributed by atoms with E-state index in [1.165, 1.54) is 36.6 Å². The Balaban J connectivity index is -0.000000401. The highest BCUT2D eigenvalue weighted by atomic mass is 128. The van der Waals surface area contributed by atoms with Crippen LogP contribution in [-0.4, -0.2) is 21.5 Å². The number of aromatic nitrogens is 2. The molecule has 0 unspecified atom stereocenters. The largest absolute Gasteiger partial charge is 0.294 e. The molecule has 0 N–H and O–H groups in total. The molecule has 1 aromatic carbocycles. The molecule has 6 heteroatoms. The van der Waals surface area contributed by atoms with Crippen molar-refractivity contribution in [2.45, 2.75) is 69.2 Å². The fourth-order valence-electron chi connectivity index (χ4n) is 2.43. The van der Waals surface area contributed by atoms with Gasteiger partial charge in [-0.05, 0) is 50.1 Å². The van der Waals surface area contributed by atoms with Crippen molar-refractivity contribution >= 4 is 59.7 Å². The lowest BCUT2D eigenvalue weighted by Gasteiger charge is -2.02. The van der Waals surface area contributed by atoms with Gasteiger partial charge < -0.3 is 0 Å². The number of halogens is 2. The van der Waals surface area contributed by atoms with Crippen LogP contribution in [0.4, 0.5) is 0 Å². The second-order valence-electron chi connectivity index (χ2n) is 5.61. The van der Waals surface area contributed by atoms with Gasteiger partial charge >= 0.3 is 0 Å². The van der Waals surface area contributed by atoms with Crippen LogP contribution < -0.4 is 0 Å². The van der Waals surface area contributed by atoms with Crippen LogP contribution in [0.15, 0.2) is 48.8 Å². The van der Waals surface area contributed by atoms with Crippen LogP contribution in [0, 0.1) is 13.8 Å². The van der Waals surface area contributed by atoms with Crippen molar-refractivity contribution < 1.29 is 9.59 Å². The van der Waals surface area contributed by atoms with Crippen molar-refractivity contribution in [3.8, 4) is 0 Å². The zero-order chi connectivity index (χ0) is 25.7. The standard InChI is InChI=1S/C11H11N.C9H9NO2.3C2H6.I2/c1-8-5-6-9(2)11-10(8)4-3-7-12-11;1-6(11)8-4-3-5-10-9(8)7(2)12;4*1-2/h3-7H,1-2H3;3-5H,1-2H3;3*1-2H3;. The van der Waals surface area contributed by atoms with Crippen molar-refractivity contribution in [2.75, 3.05) is 0 Å². The summed E-state index contributed by atoms with van der Waals surface area (Å²) in [5, 5.41) is 1.26. The minimum absolute atomic E-state index is 0.131. The normalized spacial score (nSPS) is 8.25. The average molecular weight is 664 g/mol. The first kappa shape index (κ1) is 35.2. The Hall–Kier alpha value is -1.42. The highest BCUT2D eigenvalue weighted by Gasteiger charge is 2.10. The molecule has 0 bridgehead atoms. The molecule has 32 heavy (non-hydrogen) atoms. The third kappa shape index (κ3) is 12.6. The summed E-state index contributed by atoms with van der Waals surface area (Å²) in [6, 6.07) is 11.6. The van der Waals surface area contributed by atoms with Gasteiger partial charge in [0.1, 0.15) is 5.69 Å². The lowest BCUT2D eigenvalue weighted by atomic mass is 10.1. The van der Waals surface area contributed by atoms with Gasteiger partial charge in [-0.2, -0.15) is 0 Å². The smallest absolute Gasteiger partial charge is 0.178 e. The number of pyridine rings is 2. The SMILES string of the molecule is CC.CC.CC.CC(=O)c1cccnc1C(C)=O.Cc1ccc(C)c2ncccc12.II. The molecule has 0 atom stereocenters. The maximum absolute atomic E-state index is 11.0. The van der Waals surface area contributed by atoms with Gasteiger partial charge in [-0.1, -0.05) is 59.7 Å². The van der Waals surface area contributed by atoms with Crippen molar-refractivity contribution in [1.29, 1.82) is 0 Å². The number of Topliss-reactive ketones (excluding diaryl/α,β-unsaturated/α-hetero) is 2. The highest BCUT2D eigenvalue weighted by molar-refractivity contribution is 15.0. The van der Waals surface area contributed by atoms with Gasteiger partial charge in [-0.15, -0.1) is 0 Å². The van der Waals surface area contributed by atoms with Crippen molar-refractivity contribution in [1.82, 2.24) is 9.97 Å². The highest BCUT2D eigenvalue weighted by Crippen LogP contribution is 2.18. The van der Waals surface area contributed by atoms with Crippen LogP contribution in [0.2, 0.25) is 0 Å². The summed E-state index contributed by atoms with van der Waals surface area (Å²) in [5.74, 6) is -0.311.